The number of nitrogens with two attached hydrogens (primary N) is 1. The molecular formula is C16H17FN2O2. The molecule has 110 valence electrons. The normalized spacial score (nSPS) is 11.8. The lowest BCUT2D eigenvalue weighted by Gasteiger charge is -2.15. The van der Waals surface area contributed by atoms with Crippen LogP contribution in [0.1, 0.15) is 12.5 Å². The minimum Gasteiger partial charge on any atom is -0.481 e. The second kappa shape index (κ2) is 6.85. The van der Waals surface area contributed by atoms with E-state index in [9.17, 15) is 9.18 Å². The lowest BCUT2D eigenvalue weighted by Crippen LogP contribution is -2.30. The molecule has 4 nitrogen and oxygen atoms in total. The largest absolute Gasteiger partial charge is 0.481 e. The molecule has 0 heterocycles. The Morgan fingerprint density at radius 1 is 1.29 bits per heavy atom. The fourth-order valence-electron chi connectivity index (χ4n) is 1.77. The van der Waals surface area contributed by atoms with Gasteiger partial charge in [0, 0.05) is 18.3 Å². The monoisotopic (exact) mass is 288 g/mol. The summed E-state index contributed by atoms with van der Waals surface area (Å²) in [7, 11) is 0. The van der Waals surface area contributed by atoms with E-state index in [-0.39, 0.29) is 5.91 Å². The van der Waals surface area contributed by atoms with E-state index >= 15 is 0 Å². The van der Waals surface area contributed by atoms with Gasteiger partial charge < -0.3 is 15.8 Å². The summed E-state index contributed by atoms with van der Waals surface area (Å²) in [5.74, 6) is -0.395. The number of rotatable bonds is 5. The van der Waals surface area contributed by atoms with Gasteiger partial charge in [-0.15, -0.1) is 0 Å². The topological polar surface area (TPSA) is 64.3 Å². The van der Waals surface area contributed by atoms with Gasteiger partial charge in [-0.3, -0.25) is 4.79 Å². The number of hydrogen-bond acceptors (Lipinski definition) is 3. The summed E-state index contributed by atoms with van der Waals surface area (Å²) in [4.78, 5) is 12.0. The number of benzene rings is 2. The molecule has 5 heteroatoms. The molecule has 0 saturated carbocycles. The van der Waals surface area contributed by atoms with E-state index in [4.69, 9.17) is 10.5 Å². The summed E-state index contributed by atoms with van der Waals surface area (Å²) in [6.45, 7) is 2.06. The molecule has 0 aliphatic rings. The van der Waals surface area contributed by atoms with Gasteiger partial charge in [-0.05, 0) is 36.8 Å². The van der Waals surface area contributed by atoms with Crippen molar-refractivity contribution in [1.29, 1.82) is 0 Å². The van der Waals surface area contributed by atoms with Crippen molar-refractivity contribution >= 4 is 11.6 Å². The zero-order chi connectivity index (χ0) is 15.2. The second-order valence-electron chi connectivity index (χ2n) is 4.61. The number of anilines is 1. The molecule has 3 N–H and O–H groups in total. The number of amides is 1. The molecule has 2 aromatic rings. The van der Waals surface area contributed by atoms with E-state index in [0.29, 0.717) is 18.0 Å². The van der Waals surface area contributed by atoms with Crippen molar-refractivity contribution in [2.75, 3.05) is 5.32 Å². The number of carbonyl (C=O) groups is 1. The average molecular weight is 288 g/mol. The van der Waals surface area contributed by atoms with Crippen molar-refractivity contribution < 1.29 is 13.9 Å². The minimum absolute atomic E-state index is 0.306. The van der Waals surface area contributed by atoms with Crippen LogP contribution in [-0.4, -0.2) is 12.0 Å². The molecule has 0 aliphatic carbocycles. The standard InChI is InChI=1S/C16H17FN2O2/c1-11(21-15-4-2-3-13(17)9-15)16(20)19-14-7-5-12(10-18)6-8-14/h2-9,11H,10,18H2,1H3,(H,19,20). The van der Waals surface area contributed by atoms with Crippen LogP contribution in [0.5, 0.6) is 5.75 Å². The first kappa shape index (κ1) is 15.0. The molecule has 1 amide bonds. The number of ether oxygens (including phenoxy) is 1. The highest BCUT2D eigenvalue weighted by Crippen LogP contribution is 2.15. The van der Waals surface area contributed by atoms with Crippen LogP contribution in [0.15, 0.2) is 48.5 Å². The molecule has 0 spiro atoms. The molecule has 0 saturated heterocycles. The molecule has 1 unspecified atom stereocenters. The maximum Gasteiger partial charge on any atom is 0.265 e. The third-order valence-electron chi connectivity index (χ3n) is 2.94. The Morgan fingerprint density at radius 3 is 2.62 bits per heavy atom. The van der Waals surface area contributed by atoms with Gasteiger partial charge in [0.1, 0.15) is 11.6 Å². The first-order chi connectivity index (χ1) is 10.1. The number of hydrogen-bond donors (Lipinski definition) is 2. The number of halogens is 1. The van der Waals surface area contributed by atoms with Crippen LogP contribution in [0.4, 0.5) is 10.1 Å². The molecule has 0 aromatic heterocycles. The van der Waals surface area contributed by atoms with E-state index in [1.54, 1.807) is 25.1 Å². The molecule has 0 fully saturated rings. The number of nitrogens with one attached hydrogen (secondary N) is 1. The van der Waals surface area contributed by atoms with Gasteiger partial charge in [-0.1, -0.05) is 18.2 Å². The van der Waals surface area contributed by atoms with Crippen molar-refractivity contribution in [2.45, 2.75) is 19.6 Å². The van der Waals surface area contributed by atoms with Gasteiger partial charge in [0.05, 0.1) is 0 Å². The Morgan fingerprint density at radius 2 is 2.00 bits per heavy atom. The van der Waals surface area contributed by atoms with Gasteiger partial charge in [0.15, 0.2) is 6.10 Å². The summed E-state index contributed by atoms with van der Waals surface area (Å²) >= 11 is 0. The summed E-state index contributed by atoms with van der Waals surface area (Å²) in [6, 6.07) is 12.9. The zero-order valence-corrected chi connectivity index (χ0v) is 11.7. The molecule has 21 heavy (non-hydrogen) atoms. The van der Waals surface area contributed by atoms with E-state index in [0.717, 1.165) is 5.56 Å². The summed E-state index contributed by atoms with van der Waals surface area (Å²) in [6.07, 6.45) is -0.735. The van der Waals surface area contributed by atoms with E-state index in [2.05, 4.69) is 5.32 Å². The van der Waals surface area contributed by atoms with Crippen molar-refractivity contribution in [2.24, 2.45) is 5.73 Å². The summed E-state index contributed by atoms with van der Waals surface area (Å²) < 4.78 is 18.4. The van der Waals surface area contributed by atoms with Gasteiger partial charge in [-0.2, -0.15) is 0 Å². The molecular weight excluding hydrogens is 271 g/mol. The van der Waals surface area contributed by atoms with Crippen LogP contribution in [0.25, 0.3) is 0 Å². The molecule has 2 aromatic carbocycles. The third-order valence-corrected chi connectivity index (χ3v) is 2.94. The Kier molecular flexibility index (Phi) is 4.90. The first-order valence-corrected chi connectivity index (χ1v) is 6.60. The average Bonchev–Trinajstić information content (AvgIpc) is 2.48. The van der Waals surface area contributed by atoms with Crippen molar-refractivity contribution in [3.63, 3.8) is 0 Å². The fourth-order valence-corrected chi connectivity index (χ4v) is 1.77. The molecule has 0 radical (unpaired) electrons. The second-order valence-corrected chi connectivity index (χ2v) is 4.61. The van der Waals surface area contributed by atoms with Crippen molar-refractivity contribution in [1.82, 2.24) is 0 Å². The lowest BCUT2D eigenvalue weighted by molar-refractivity contribution is -0.122. The van der Waals surface area contributed by atoms with E-state index in [1.165, 1.54) is 18.2 Å². The van der Waals surface area contributed by atoms with Gasteiger partial charge in [0.25, 0.3) is 5.91 Å². The van der Waals surface area contributed by atoms with Crippen molar-refractivity contribution in [3.05, 3.63) is 59.9 Å². The highest BCUT2D eigenvalue weighted by Gasteiger charge is 2.15. The van der Waals surface area contributed by atoms with Crippen LogP contribution >= 0.6 is 0 Å². The Balaban J connectivity index is 1.95. The SMILES string of the molecule is CC(Oc1cccc(F)c1)C(=O)Nc1ccc(CN)cc1. The van der Waals surface area contributed by atoms with Crippen LogP contribution < -0.4 is 15.8 Å². The van der Waals surface area contributed by atoms with Crippen LogP contribution in [-0.2, 0) is 11.3 Å². The minimum atomic E-state index is -0.735. The maximum atomic E-state index is 13.0. The van der Waals surface area contributed by atoms with Gasteiger partial charge in [-0.25, -0.2) is 4.39 Å². The van der Waals surface area contributed by atoms with E-state index < -0.39 is 11.9 Å². The van der Waals surface area contributed by atoms with Gasteiger partial charge >= 0.3 is 0 Å². The van der Waals surface area contributed by atoms with Gasteiger partial charge in [0.2, 0.25) is 0 Å². The zero-order valence-electron chi connectivity index (χ0n) is 11.7. The molecule has 0 aliphatic heterocycles. The predicted octanol–water partition coefficient (Wildman–Crippen LogP) is 2.69. The molecule has 0 bridgehead atoms. The Labute approximate surface area is 122 Å². The summed E-state index contributed by atoms with van der Waals surface area (Å²) in [5, 5.41) is 2.73. The van der Waals surface area contributed by atoms with Crippen molar-refractivity contribution in [3.8, 4) is 5.75 Å². The Bertz CT molecular complexity index is 614. The Hall–Kier alpha value is -2.40. The van der Waals surface area contributed by atoms with Crippen LogP contribution in [0, 0.1) is 5.82 Å². The lowest BCUT2D eigenvalue weighted by atomic mass is 10.2. The van der Waals surface area contributed by atoms with Crippen LogP contribution in [0.3, 0.4) is 0 Å². The molecule has 2 rings (SSSR count). The number of carbonyl (C=O) groups excluding carboxylic acids is 1. The van der Waals surface area contributed by atoms with E-state index in [1.807, 2.05) is 12.1 Å². The first-order valence-electron chi connectivity index (χ1n) is 6.60. The fraction of sp³-hybridized carbons (Fsp3) is 0.188. The molecule has 1 atom stereocenters. The maximum absolute atomic E-state index is 13.0. The highest BCUT2D eigenvalue weighted by molar-refractivity contribution is 5.94. The quantitative estimate of drug-likeness (QED) is 0.889. The third kappa shape index (κ3) is 4.29. The summed E-state index contributed by atoms with van der Waals surface area (Å²) in [5.41, 5.74) is 7.15. The highest BCUT2D eigenvalue weighted by atomic mass is 19.1. The smallest absolute Gasteiger partial charge is 0.265 e. The van der Waals surface area contributed by atoms with Crippen LogP contribution in [0.2, 0.25) is 0 Å². The predicted molar refractivity (Wildman–Crippen MR) is 79.5 cm³/mol.